The molecule has 0 saturated heterocycles. The lowest BCUT2D eigenvalue weighted by Gasteiger charge is -2.37. The van der Waals surface area contributed by atoms with Crippen LogP contribution >= 0.6 is 11.6 Å². The average Bonchev–Trinajstić information content (AvgIpc) is 2.37. The second kappa shape index (κ2) is 5.14. The Bertz CT molecular complexity index is 561. The van der Waals surface area contributed by atoms with Crippen LogP contribution in [0.3, 0.4) is 0 Å². The number of rotatable bonds is 3. The van der Waals surface area contributed by atoms with E-state index in [9.17, 15) is 5.11 Å². The Hall–Kier alpha value is -1.67. The van der Waals surface area contributed by atoms with Gasteiger partial charge in [-0.3, -0.25) is 0 Å². The summed E-state index contributed by atoms with van der Waals surface area (Å²) in [5.41, 5.74) is 2.31. The van der Waals surface area contributed by atoms with Gasteiger partial charge in [0.05, 0.1) is 0 Å². The maximum Gasteiger partial charge on any atom is 0.115 e. The Labute approximate surface area is 118 Å². The molecule has 0 unspecified atom stereocenters. The highest BCUT2D eigenvalue weighted by molar-refractivity contribution is 6.31. The van der Waals surface area contributed by atoms with E-state index in [0.29, 0.717) is 17.7 Å². The van der Waals surface area contributed by atoms with Crippen LogP contribution in [0.4, 0.5) is 5.69 Å². The van der Waals surface area contributed by atoms with E-state index >= 15 is 0 Å². The van der Waals surface area contributed by atoms with Crippen molar-refractivity contribution in [1.29, 1.82) is 0 Å². The monoisotopic (exact) mass is 273 g/mol. The molecule has 0 radical (unpaired) electrons. The number of phenolic OH excluding ortho intramolecular Hbond substituents is 1. The van der Waals surface area contributed by atoms with E-state index in [0.717, 1.165) is 23.6 Å². The molecule has 19 heavy (non-hydrogen) atoms. The van der Waals surface area contributed by atoms with Crippen LogP contribution in [0.15, 0.2) is 48.5 Å². The number of benzene rings is 2. The maximum absolute atomic E-state index is 9.24. The van der Waals surface area contributed by atoms with Crippen LogP contribution in [-0.4, -0.2) is 11.1 Å². The summed E-state index contributed by atoms with van der Waals surface area (Å²) in [6.45, 7) is 0. The van der Waals surface area contributed by atoms with Crippen molar-refractivity contribution in [2.24, 2.45) is 0 Å². The second-order valence-electron chi connectivity index (χ2n) is 5.08. The number of phenols is 1. The standard InChI is InChI=1S/C16H16ClNO/c17-16-4-2-1-3-15(16)11-9-13(10-11)18-12-5-7-14(19)8-6-12/h1-8,11,13,18-19H,9-10H2. The summed E-state index contributed by atoms with van der Waals surface area (Å²) in [6, 6.07) is 15.8. The zero-order chi connectivity index (χ0) is 13.2. The van der Waals surface area contributed by atoms with Gasteiger partial charge >= 0.3 is 0 Å². The summed E-state index contributed by atoms with van der Waals surface area (Å²) in [5.74, 6) is 0.858. The predicted molar refractivity (Wildman–Crippen MR) is 78.9 cm³/mol. The van der Waals surface area contributed by atoms with Crippen molar-refractivity contribution < 1.29 is 5.11 Å². The first-order chi connectivity index (χ1) is 9.22. The highest BCUT2D eigenvalue weighted by Gasteiger charge is 2.31. The zero-order valence-electron chi connectivity index (χ0n) is 10.5. The van der Waals surface area contributed by atoms with Crippen LogP contribution in [0.1, 0.15) is 24.3 Å². The summed E-state index contributed by atoms with van der Waals surface area (Å²) in [7, 11) is 0. The number of anilines is 1. The van der Waals surface area contributed by atoms with Gasteiger partial charge in [-0.1, -0.05) is 29.8 Å². The number of halogens is 1. The van der Waals surface area contributed by atoms with Gasteiger partial charge in [-0.05, 0) is 54.7 Å². The smallest absolute Gasteiger partial charge is 0.115 e. The van der Waals surface area contributed by atoms with Crippen LogP contribution in [0.25, 0.3) is 0 Å². The molecule has 0 heterocycles. The molecule has 2 nitrogen and oxygen atoms in total. The Kier molecular flexibility index (Phi) is 3.34. The van der Waals surface area contributed by atoms with Crippen molar-refractivity contribution in [3.63, 3.8) is 0 Å². The van der Waals surface area contributed by atoms with E-state index in [1.165, 1.54) is 5.56 Å². The van der Waals surface area contributed by atoms with E-state index in [2.05, 4.69) is 11.4 Å². The molecule has 0 atom stereocenters. The third kappa shape index (κ3) is 2.69. The molecule has 0 spiro atoms. The molecule has 2 aromatic rings. The van der Waals surface area contributed by atoms with E-state index in [1.54, 1.807) is 12.1 Å². The molecule has 0 amide bonds. The number of nitrogens with one attached hydrogen (secondary N) is 1. The third-order valence-electron chi connectivity index (χ3n) is 3.72. The Morgan fingerprint density at radius 3 is 2.37 bits per heavy atom. The summed E-state index contributed by atoms with van der Waals surface area (Å²) in [6.07, 6.45) is 2.20. The second-order valence-corrected chi connectivity index (χ2v) is 5.49. The lowest BCUT2D eigenvalue weighted by Crippen LogP contribution is -2.34. The summed E-state index contributed by atoms with van der Waals surface area (Å²) < 4.78 is 0. The lowest BCUT2D eigenvalue weighted by atomic mass is 9.76. The summed E-state index contributed by atoms with van der Waals surface area (Å²) >= 11 is 6.21. The van der Waals surface area contributed by atoms with E-state index < -0.39 is 0 Å². The summed E-state index contributed by atoms with van der Waals surface area (Å²) in [5, 5.41) is 13.6. The highest BCUT2D eigenvalue weighted by Crippen LogP contribution is 2.41. The van der Waals surface area contributed by atoms with Gasteiger partial charge in [0.2, 0.25) is 0 Å². The van der Waals surface area contributed by atoms with Gasteiger partial charge in [-0.2, -0.15) is 0 Å². The molecule has 1 fully saturated rings. The molecule has 0 aliphatic heterocycles. The minimum Gasteiger partial charge on any atom is -0.508 e. The zero-order valence-corrected chi connectivity index (χ0v) is 11.3. The van der Waals surface area contributed by atoms with Gasteiger partial charge in [0.25, 0.3) is 0 Å². The molecule has 1 saturated carbocycles. The van der Waals surface area contributed by atoms with Crippen molar-refractivity contribution in [3.8, 4) is 5.75 Å². The minimum absolute atomic E-state index is 0.299. The average molecular weight is 274 g/mol. The van der Waals surface area contributed by atoms with Crippen molar-refractivity contribution in [2.45, 2.75) is 24.8 Å². The van der Waals surface area contributed by atoms with Crippen LogP contribution in [-0.2, 0) is 0 Å². The third-order valence-corrected chi connectivity index (χ3v) is 4.07. The summed E-state index contributed by atoms with van der Waals surface area (Å²) in [4.78, 5) is 0. The number of aromatic hydroxyl groups is 1. The van der Waals surface area contributed by atoms with Crippen LogP contribution in [0.2, 0.25) is 5.02 Å². The highest BCUT2D eigenvalue weighted by atomic mass is 35.5. The van der Waals surface area contributed by atoms with Crippen molar-refractivity contribution >= 4 is 17.3 Å². The molecule has 1 aliphatic rings. The number of hydrogen-bond donors (Lipinski definition) is 2. The first kappa shape index (κ1) is 12.4. The molecule has 3 heteroatoms. The number of hydrogen-bond acceptors (Lipinski definition) is 2. The van der Waals surface area contributed by atoms with Gasteiger partial charge < -0.3 is 10.4 Å². The quantitative estimate of drug-likeness (QED) is 0.812. The molecule has 2 aromatic carbocycles. The molecular formula is C16H16ClNO. The molecular weight excluding hydrogens is 258 g/mol. The van der Waals surface area contributed by atoms with Gasteiger partial charge in [0.15, 0.2) is 0 Å². The normalized spacial score (nSPS) is 21.7. The van der Waals surface area contributed by atoms with Crippen LogP contribution < -0.4 is 5.32 Å². The molecule has 3 rings (SSSR count). The van der Waals surface area contributed by atoms with Gasteiger partial charge in [-0.25, -0.2) is 0 Å². The SMILES string of the molecule is Oc1ccc(NC2CC(c3ccccc3Cl)C2)cc1. The Morgan fingerprint density at radius 2 is 1.68 bits per heavy atom. The van der Waals surface area contributed by atoms with E-state index in [-0.39, 0.29) is 0 Å². The first-order valence-electron chi connectivity index (χ1n) is 6.52. The maximum atomic E-state index is 9.24. The molecule has 2 N–H and O–H groups in total. The van der Waals surface area contributed by atoms with Gasteiger partial charge in [0.1, 0.15) is 5.75 Å². The molecule has 1 aliphatic carbocycles. The minimum atomic E-state index is 0.299. The van der Waals surface area contributed by atoms with Crippen molar-refractivity contribution in [2.75, 3.05) is 5.32 Å². The van der Waals surface area contributed by atoms with Gasteiger partial charge in [-0.15, -0.1) is 0 Å². The van der Waals surface area contributed by atoms with E-state index in [1.807, 2.05) is 30.3 Å². The fourth-order valence-corrected chi connectivity index (χ4v) is 2.88. The Balaban J connectivity index is 1.58. The first-order valence-corrected chi connectivity index (χ1v) is 6.90. The fourth-order valence-electron chi connectivity index (χ4n) is 2.59. The lowest BCUT2D eigenvalue weighted by molar-refractivity contribution is 0.374. The topological polar surface area (TPSA) is 32.3 Å². The molecule has 0 bridgehead atoms. The van der Waals surface area contributed by atoms with Crippen LogP contribution in [0.5, 0.6) is 5.75 Å². The van der Waals surface area contributed by atoms with Crippen LogP contribution in [0, 0.1) is 0 Å². The Morgan fingerprint density at radius 1 is 1.00 bits per heavy atom. The molecule has 0 aromatic heterocycles. The van der Waals surface area contributed by atoms with Crippen molar-refractivity contribution in [1.82, 2.24) is 0 Å². The predicted octanol–water partition coefficient (Wildman–Crippen LogP) is 4.40. The van der Waals surface area contributed by atoms with Gasteiger partial charge in [0, 0.05) is 16.8 Å². The van der Waals surface area contributed by atoms with Crippen molar-refractivity contribution in [3.05, 3.63) is 59.1 Å². The largest absolute Gasteiger partial charge is 0.508 e. The fraction of sp³-hybridized carbons (Fsp3) is 0.250. The molecule has 98 valence electrons. The van der Waals surface area contributed by atoms with E-state index in [4.69, 9.17) is 11.6 Å².